The minimum absolute atomic E-state index is 0.00863. The van der Waals surface area contributed by atoms with E-state index < -0.39 is 0 Å². The highest BCUT2D eigenvalue weighted by Gasteiger charge is 2.34. The van der Waals surface area contributed by atoms with E-state index in [1.807, 2.05) is 32.0 Å². The Bertz CT molecular complexity index is 988. The number of methoxy groups -OCH3 is 2. The summed E-state index contributed by atoms with van der Waals surface area (Å²) in [7, 11) is 3.11. The van der Waals surface area contributed by atoms with Crippen LogP contribution < -0.4 is 18.9 Å². The molecule has 0 unspecified atom stereocenters. The van der Waals surface area contributed by atoms with Crippen molar-refractivity contribution in [3.63, 3.8) is 0 Å². The van der Waals surface area contributed by atoms with Crippen molar-refractivity contribution in [1.29, 1.82) is 0 Å². The molecule has 0 aliphatic carbocycles. The highest BCUT2D eigenvalue weighted by Crippen LogP contribution is 2.35. The molecule has 2 amide bonds. The van der Waals surface area contributed by atoms with E-state index in [9.17, 15) is 9.59 Å². The smallest absolute Gasteiger partial charge is 0.293 e. The largest absolute Gasteiger partial charge is 0.493 e. The number of carbonyl (C=O) groups excluding carboxylic acids is 2. The number of imide groups is 1. The quantitative estimate of drug-likeness (QED) is 0.524. The molecule has 0 spiro atoms. The maximum atomic E-state index is 12.7. The van der Waals surface area contributed by atoms with Crippen LogP contribution in [0.25, 0.3) is 6.08 Å². The summed E-state index contributed by atoms with van der Waals surface area (Å²) >= 11 is 0.905. The molecule has 0 N–H and O–H groups in total. The van der Waals surface area contributed by atoms with E-state index in [-0.39, 0.29) is 30.4 Å². The Morgan fingerprint density at radius 2 is 1.68 bits per heavy atom. The fraction of sp³-hybridized carbons (Fsp3) is 0.304. The molecule has 0 bridgehead atoms. The van der Waals surface area contributed by atoms with Crippen molar-refractivity contribution in [2.24, 2.45) is 0 Å². The molecule has 3 rings (SSSR count). The van der Waals surface area contributed by atoms with E-state index in [2.05, 4.69) is 0 Å². The molecular formula is C23H25NO6S. The average Bonchev–Trinajstić information content (AvgIpc) is 3.02. The van der Waals surface area contributed by atoms with Crippen molar-refractivity contribution < 1.29 is 28.5 Å². The van der Waals surface area contributed by atoms with Gasteiger partial charge in [0.25, 0.3) is 11.1 Å². The zero-order valence-electron chi connectivity index (χ0n) is 17.9. The molecule has 1 heterocycles. The second-order valence-corrected chi connectivity index (χ2v) is 7.90. The number of rotatable bonds is 9. The second-order valence-electron chi connectivity index (χ2n) is 6.91. The van der Waals surface area contributed by atoms with Crippen LogP contribution in [0.5, 0.6) is 23.0 Å². The highest BCUT2D eigenvalue weighted by atomic mass is 32.2. The van der Waals surface area contributed by atoms with Crippen molar-refractivity contribution in [2.45, 2.75) is 20.0 Å². The Morgan fingerprint density at radius 3 is 2.35 bits per heavy atom. The van der Waals surface area contributed by atoms with Crippen molar-refractivity contribution in [1.82, 2.24) is 4.90 Å². The number of hydrogen-bond donors (Lipinski definition) is 0. The Labute approximate surface area is 185 Å². The number of amides is 2. The molecule has 1 aliphatic heterocycles. The van der Waals surface area contributed by atoms with Crippen LogP contribution in [0.1, 0.15) is 19.4 Å². The van der Waals surface area contributed by atoms with Crippen LogP contribution in [0.4, 0.5) is 4.79 Å². The zero-order valence-corrected chi connectivity index (χ0v) is 18.7. The van der Waals surface area contributed by atoms with Gasteiger partial charge >= 0.3 is 0 Å². The number of hydrogen-bond acceptors (Lipinski definition) is 7. The first kappa shape index (κ1) is 22.6. The third-order valence-corrected chi connectivity index (χ3v) is 5.27. The molecule has 0 saturated carbocycles. The van der Waals surface area contributed by atoms with Gasteiger partial charge in [0, 0.05) is 0 Å². The normalized spacial score (nSPS) is 15.0. The van der Waals surface area contributed by atoms with Gasteiger partial charge in [-0.1, -0.05) is 18.2 Å². The van der Waals surface area contributed by atoms with Crippen LogP contribution in [0.15, 0.2) is 47.4 Å². The number of ether oxygens (including phenoxy) is 4. The summed E-state index contributed by atoms with van der Waals surface area (Å²) in [4.78, 5) is 26.6. The molecule has 7 nitrogen and oxygen atoms in total. The summed E-state index contributed by atoms with van der Waals surface area (Å²) in [6.07, 6.45) is 1.68. The lowest BCUT2D eigenvalue weighted by Crippen LogP contribution is -2.32. The first-order valence-electron chi connectivity index (χ1n) is 9.78. The Morgan fingerprint density at radius 1 is 0.968 bits per heavy atom. The van der Waals surface area contributed by atoms with Gasteiger partial charge in [-0.2, -0.15) is 0 Å². The van der Waals surface area contributed by atoms with Crippen molar-refractivity contribution >= 4 is 29.0 Å². The Kier molecular flexibility index (Phi) is 7.46. The molecule has 2 aromatic carbocycles. The van der Waals surface area contributed by atoms with Gasteiger partial charge in [-0.15, -0.1) is 0 Å². The molecule has 0 aromatic heterocycles. The third kappa shape index (κ3) is 5.52. The topological polar surface area (TPSA) is 74.3 Å². The Balaban J connectivity index is 1.67. The van der Waals surface area contributed by atoms with Crippen LogP contribution >= 0.6 is 11.8 Å². The molecule has 2 aromatic rings. The minimum atomic E-state index is -0.347. The van der Waals surface area contributed by atoms with Gasteiger partial charge in [0.2, 0.25) is 0 Å². The second kappa shape index (κ2) is 10.3. The standard InChI is InChI=1S/C23H25NO6S/c1-15(2)30-19-10-9-16(13-20(19)28-4)14-21-22(25)24(23(26)31-21)11-12-29-18-8-6-5-7-17(18)27-3/h5-10,13-15H,11-12H2,1-4H3/b21-14-. The molecule has 1 aliphatic rings. The fourth-order valence-corrected chi connectivity index (χ4v) is 3.82. The van der Waals surface area contributed by atoms with Crippen LogP contribution in [-0.4, -0.2) is 49.5 Å². The first-order valence-corrected chi connectivity index (χ1v) is 10.6. The fourth-order valence-electron chi connectivity index (χ4n) is 2.95. The summed E-state index contributed by atoms with van der Waals surface area (Å²) in [5, 5.41) is -0.327. The van der Waals surface area contributed by atoms with E-state index in [1.165, 1.54) is 4.90 Å². The van der Waals surface area contributed by atoms with Crippen LogP contribution in [0, 0.1) is 0 Å². The molecular weight excluding hydrogens is 418 g/mol. The molecule has 0 atom stereocenters. The first-order chi connectivity index (χ1) is 14.9. The van der Waals surface area contributed by atoms with Gasteiger partial charge in [-0.05, 0) is 61.5 Å². The number of nitrogens with zero attached hydrogens (tertiary/aromatic N) is 1. The molecule has 1 fully saturated rings. The minimum Gasteiger partial charge on any atom is -0.493 e. The lowest BCUT2D eigenvalue weighted by atomic mass is 10.2. The summed E-state index contributed by atoms with van der Waals surface area (Å²) in [5.41, 5.74) is 0.740. The van der Waals surface area contributed by atoms with Crippen molar-refractivity contribution in [3.05, 3.63) is 52.9 Å². The maximum Gasteiger partial charge on any atom is 0.293 e. The predicted octanol–water partition coefficient (Wildman–Crippen LogP) is 4.61. The van der Waals surface area contributed by atoms with Crippen LogP contribution in [0.3, 0.4) is 0 Å². The molecule has 164 valence electrons. The lowest BCUT2D eigenvalue weighted by Gasteiger charge is -2.15. The number of carbonyl (C=O) groups is 2. The van der Waals surface area contributed by atoms with Crippen molar-refractivity contribution in [3.8, 4) is 23.0 Å². The van der Waals surface area contributed by atoms with E-state index >= 15 is 0 Å². The predicted molar refractivity (Wildman–Crippen MR) is 120 cm³/mol. The maximum absolute atomic E-state index is 12.7. The molecule has 8 heteroatoms. The highest BCUT2D eigenvalue weighted by molar-refractivity contribution is 8.18. The van der Waals surface area contributed by atoms with Gasteiger partial charge < -0.3 is 18.9 Å². The van der Waals surface area contributed by atoms with Gasteiger partial charge in [-0.25, -0.2) is 0 Å². The van der Waals surface area contributed by atoms with Crippen LogP contribution in [0.2, 0.25) is 0 Å². The number of benzene rings is 2. The molecule has 1 saturated heterocycles. The van der Waals surface area contributed by atoms with Crippen molar-refractivity contribution in [2.75, 3.05) is 27.4 Å². The molecule has 0 radical (unpaired) electrons. The van der Waals surface area contributed by atoms with E-state index in [0.717, 1.165) is 17.3 Å². The van der Waals surface area contributed by atoms with E-state index in [0.29, 0.717) is 27.9 Å². The molecule has 31 heavy (non-hydrogen) atoms. The van der Waals surface area contributed by atoms with E-state index in [1.54, 1.807) is 44.6 Å². The van der Waals surface area contributed by atoms with E-state index in [4.69, 9.17) is 18.9 Å². The van der Waals surface area contributed by atoms with Gasteiger partial charge in [0.1, 0.15) is 6.61 Å². The zero-order chi connectivity index (χ0) is 22.4. The lowest BCUT2D eigenvalue weighted by molar-refractivity contribution is -0.123. The number of para-hydroxylation sites is 2. The summed E-state index contributed by atoms with van der Waals surface area (Å²) < 4.78 is 22.0. The third-order valence-electron chi connectivity index (χ3n) is 4.36. The summed E-state index contributed by atoms with van der Waals surface area (Å²) in [5.74, 6) is 1.99. The van der Waals surface area contributed by atoms with Crippen LogP contribution in [-0.2, 0) is 4.79 Å². The summed E-state index contributed by atoms with van der Waals surface area (Å²) in [6, 6.07) is 12.6. The van der Waals surface area contributed by atoms with Gasteiger partial charge in [-0.3, -0.25) is 14.5 Å². The Hall–Kier alpha value is -3.13. The monoisotopic (exact) mass is 443 g/mol. The number of thioether (sulfide) groups is 1. The summed E-state index contributed by atoms with van der Waals surface area (Å²) in [6.45, 7) is 4.17. The van der Waals surface area contributed by atoms with Gasteiger partial charge in [0.15, 0.2) is 23.0 Å². The van der Waals surface area contributed by atoms with Gasteiger partial charge in [0.05, 0.1) is 31.8 Å². The SMILES string of the molecule is COc1ccccc1OCCN1C(=O)S/C(=C\c2ccc(OC(C)C)c(OC)c2)C1=O. The average molecular weight is 444 g/mol.